The zero-order valence-corrected chi connectivity index (χ0v) is 10.9. The minimum atomic E-state index is -0.332. The van der Waals surface area contributed by atoms with Crippen LogP contribution in [0.5, 0.6) is 0 Å². The molecule has 0 saturated carbocycles. The van der Waals surface area contributed by atoms with Crippen LogP contribution in [0.4, 0.5) is 5.82 Å². The van der Waals surface area contributed by atoms with Crippen molar-refractivity contribution in [3.63, 3.8) is 0 Å². The summed E-state index contributed by atoms with van der Waals surface area (Å²) in [7, 11) is 0. The Kier molecular flexibility index (Phi) is 4.30. The summed E-state index contributed by atoms with van der Waals surface area (Å²) in [6, 6.07) is 6.91. The number of nitrogens with zero attached hydrogens (tertiary/aromatic N) is 2. The van der Waals surface area contributed by atoms with Gasteiger partial charge in [0.05, 0.1) is 5.02 Å². The fourth-order valence-corrected chi connectivity index (χ4v) is 1.76. The minimum absolute atomic E-state index is 0.146. The van der Waals surface area contributed by atoms with Gasteiger partial charge in [-0.1, -0.05) is 17.7 Å². The van der Waals surface area contributed by atoms with Crippen molar-refractivity contribution >= 4 is 23.3 Å². The largest absolute Gasteiger partial charge is 0.384 e. The summed E-state index contributed by atoms with van der Waals surface area (Å²) < 4.78 is 0. The molecule has 0 fully saturated rings. The van der Waals surface area contributed by atoms with Crippen LogP contribution in [0.1, 0.15) is 16.1 Å². The molecule has 2 heterocycles. The number of nitrogens with two attached hydrogens (primary N) is 1. The molecular formula is C13H13ClN4O. The molecule has 0 aliphatic carbocycles. The molecule has 2 aromatic rings. The van der Waals surface area contributed by atoms with E-state index in [1.165, 1.54) is 0 Å². The van der Waals surface area contributed by atoms with Crippen molar-refractivity contribution in [2.24, 2.45) is 0 Å². The van der Waals surface area contributed by atoms with E-state index in [2.05, 4.69) is 15.3 Å². The van der Waals surface area contributed by atoms with Crippen LogP contribution >= 0.6 is 11.6 Å². The lowest BCUT2D eigenvalue weighted by Crippen LogP contribution is -2.27. The molecule has 0 unspecified atom stereocenters. The Morgan fingerprint density at radius 3 is 2.95 bits per heavy atom. The first kappa shape index (κ1) is 13.3. The van der Waals surface area contributed by atoms with Gasteiger partial charge in [-0.3, -0.25) is 9.78 Å². The highest BCUT2D eigenvalue weighted by molar-refractivity contribution is 6.33. The van der Waals surface area contributed by atoms with Gasteiger partial charge < -0.3 is 11.1 Å². The van der Waals surface area contributed by atoms with Crippen LogP contribution in [0.3, 0.4) is 0 Å². The predicted molar refractivity (Wildman–Crippen MR) is 73.9 cm³/mol. The standard InChI is InChI=1S/C13H13ClN4O/c14-10-3-4-11(15)18-12(10)13(19)17-7-5-9-2-1-6-16-8-9/h1-4,6,8H,5,7H2,(H2,15,18)(H,17,19). The molecule has 0 aliphatic heterocycles. The third kappa shape index (κ3) is 3.66. The molecule has 3 N–H and O–H groups in total. The number of rotatable bonds is 4. The van der Waals surface area contributed by atoms with E-state index >= 15 is 0 Å². The number of nitrogens with one attached hydrogen (secondary N) is 1. The number of nitrogen functional groups attached to an aromatic ring is 1. The Morgan fingerprint density at radius 1 is 1.37 bits per heavy atom. The highest BCUT2D eigenvalue weighted by Gasteiger charge is 2.11. The van der Waals surface area contributed by atoms with Gasteiger partial charge in [0.1, 0.15) is 11.5 Å². The van der Waals surface area contributed by atoms with Gasteiger partial charge in [-0.05, 0) is 30.2 Å². The monoisotopic (exact) mass is 276 g/mol. The molecule has 0 aromatic carbocycles. The number of carbonyl (C=O) groups is 1. The Balaban J connectivity index is 1.93. The van der Waals surface area contributed by atoms with Crippen molar-refractivity contribution in [2.45, 2.75) is 6.42 Å². The number of amides is 1. The average molecular weight is 277 g/mol. The van der Waals surface area contributed by atoms with E-state index in [0.29, 0.717) is 13.0 Å². The number of aromatic nitrogens is 2. The van der Waals surface area contributed by atoms with Crippen LogP contribution in [0.25, 0.3) is 0 Å². The Labute approximate surface area is 115 Å². The smallest absolute Gasteiger partial charge is 0.271 e. The van der Waals surface area contributed by atoms with Gasteiger partial charge in [-0.2, -0.15) is 0 Å². The minimum Gasteiger partial charge on any atom is -0.384 e. The normalized spacial score (nSPS) is 10.2. The Bertz CT molecular complexity index is 574. The van der Waals surface area contributed by atoms with Crippen LogP contribution in [0, 0.1) is 0 Å². The number of hydrogen-bond acceptors (Lipinski definition) is 4. The quantitative estimate of drug-likeness (QED) is 0.890. The van der Waals surface area contributed by atoms with Gasteiger partial charge in [0.2, 0.25) is 0 Å². The topological polar surface area (TPSA) is 80.9 Å². The lowest BCUT2D eigenvalue weighted by atomic mass is 10.2. The first-order valence-electron chi connectivity index (χ1n) is 5.76. The molecule has 0 radical (unpaired) electrons. The molecular weight excluding hydrogens is 264 g/mol. The highest BCUT2D eigenvalue weighted by atomic mass is 35.5. The molecule has 98 valence electrons. The van der Waals surface area contributed by atoms with Crippen molar-refractivity contribution in [3.05, 3.63) is 52.9 Å². The van der Waals surface area contributed by atoms with Gasteiger partial charge in [0, 0.05) is 18.9 Å². The maximum absolute atomic E-state index is 11.9. The second-order valence-electron chi connectivity index (χ2n) is 3.93. The van der Waals surface area contributed by atoms with Crippen LogP contribution in [-0.4, -0.2) is 22.4 Å². The molecule has 5 nitrogen and oxygen atoms in total. The van der Waals surface area contributed by atoms with Crippen LogP contribution in [0.15, 0.2) is 36.7 Å². The molecule has 0 atom stereocenters. The number of hydrogen-bond donors (Lipinski definition) is 2. The maximum atomic E-state index is 11.9. The van der Waals surface area contributed by atoms with E-state index in [0.717, 1.165) is 5.56 Å². The van der Waals surface area contributed by atoms with Crippen LogP contribution in [-0.2, 0) is 6.42 Å². The van der Waals surface area contributed by atoms with E-state index in [9.17, 15) is 4.79 Å². The molecule has 0 saturated heterocycles. The van der Waals surface area contributed by atoms with Crippen molar-refractivity contribution in [1.82, 2.24) is 15.3 Å². The van der Waals surface area contributed by atoms with E-state index in [-0.39, 0.29) is 22.4 Å². The Hall–Kier alpha value is -2.14. The molecule has 0 bridgehead atoms. The molecule has 2 rings (SSSR count). The lowest BCUT2D eigenvalue weighted by Gasteiger charge is -2.06. The summed E-state index contributed by atoms with van der Waals surface area (Å²) in [5.41, 5.74) is 6.72. The molecule has 19 heavy (non-hydrogen) atoms. The summed E-state index contributed by atoms with van der Waals surface area (Å²) in [6.45, 7) is 0.483. The van der Waals surface area contributed by atoms with Gasteiger partial charge in [-0.15, -0.1) is 0 Å². The second-order valence-corrected chi connectivity index (χ2v) is 4.34. The van der Waals surface area contributed by atoms with E-state index in [1.54, 1.807) is 24.5 Å². The van der Waals surface area contributed by atoms with Crippen molar-refractivity contribution in [2.75, 3.05) is 12.3 Å². The molecule has 1 amide bonds. The van der Waals surface area contributed by atoms with Crippen LogP contribution < -0.4 is 11.1 Å². The highest BCUT2D eigenvalue weighted by Crippen LogP contribution is 2.14. The van der Waals surface area contributed by atoms with Gasteiger partial charge in [0.25, 0.3) is 5.91 Å². The van der Waals surface area contributed by atoms with Gasteiger partial charge in [-0.25, -0.2) is 4.98 Å². The molecule has 6 heteroatoms. The predicted octanol–water partition coefficient (Wildman–Crippen LogP) is 1.68. The van der Waals surface area contributed by atoms with Crippen molar-refractivity contribution in [3.8, 4) is 0 Å². The number of anilines is 1. The number of carbonyl (C=O) groups excluding carboxylic acids is 1. The summed E-state index contributed by atoms with van der Waals surface area (Å²) in [5, 5.41) is 3.03. The first-order valence-corrected chi connectivity index (χ1v) is 6.14. The summed E-state index contributed by atoms with van der Waals surface area (Å²) in [4.78, 5) is 19.8. The average Bonchev–Trinajstić information content (AvgIpc) is 2.42. The second kappa shape index (κ2) is 6.15. The van der Waals surface area contributed by atoms with Crippen molar-refractivity contribution in [1.29, 1.82) is 0 Å². The van der Waals surface area contributed by atoms with Gasteiger partial charge >= 0.3 is 0 Å². The van der Waals surface area contributed by atoms with Crippen LogP contribution in [0.2, 0.25) is 5.02 Å². The van der Waals surface area contributed by atoms with Gasteiger partial charge in [0.15, 0.2) is 0 Å². The number of pyridine rings is 2. The summed E-state index contributed by atoms with van der Waals surface area (Å²) in [6.07, 6.45) is 4.16. The summed E-state index contributed by atoms with van der Waals surface area (Å²) in [5.74, 6) is -0.0667. The van der Waals surface area contributed by atoms with E-state index in [4.69, 9.17) is 17.3 Å². The Morgan fingerprint density at radius 2 is 2.21 bits per heavy atom. The zero-order chi connectivity index (χ0) is 13.7. The maximum Gasteiger partial charge on any atom is 0.271 e. The SMILES string of the molecule is Nc1ccc(Cl)c(C(=O)NCCc2cccnc2)n1. The lowest BCUT2D eigenvalue weighted by molar-refractivity contribution is 0.0949. The summed E-state index contributed by atoms with van der Waals surface area (Å²) >= 11 is 5.90. The zero-order valence-electron chi connectivity index (χ0n) is 10.1. The fraction of sp³-hybridized carbons (Fsp3) is 0.154. The number of halogens is 1. The molecule has 2 aromatic heterocycles. The van der Waals surface area contributed by atoms with E-state index < -0.39 is 0 Å². The molecule has 0 aliphatic rings. The van der Waals surface area contributed by atoms with Crippen molar-refractivity contribution < 1.29 is 4.79 Å². The fourth-order valence-electron chi connectivity index (χ4n) is 1.57. The third-order valence-corrected chi connectivity index (χ3v) is 2.81. The molecule has 0 spiro atoms. The first-order chi connectivity index (χ1) is 9.16. The van der Waals surface area contributed by atoms with E-state index in [1.807, 2.05) is 12.1 Å². The third-order valence-electron chi connectivity index (χ3n) is 2.50.